The Labute approximate surface area is 117 Å². The van der Waals surface area contributed by atoms with Crippen LogP contribution in [-0.4, -0.2) is 22.0 Å². The van der Waals surface area contributed by atoms with Gasteiger partial charge < -0.3 is 10.4 Å². The van der Waals surface area contributed by atoms with E-state index in [1.807, 2.05) is 0 Å². The van der Waals surface area contributed by atoms with Crippen LogP contribution in [0.4, 0.5) is 5.82 Å². The number of halogens is 1. The Hall–Kier alpha value is -2.21. The van der Waals surface area contributed by atoms with Crippen LogP contribution in [0, 0.1) is 0 Å². The first-order valence-corrected chi connectivity index (χ1v) is 6.12. The number of benzene rings is 1. The molecule has 0 saturated heterocycles. The van der Waals surface area contributed by atoms with Crippen molar-refractivity contribution in [1.29, 1.82) is 0 Å². The molecule has 2 rings (SSSR count). The number of nitrogens with one attached hydrogen (secondary N) is 1. The second kappa shape index (κ2) is 5.62. The lowest BCUT2D eigenvalue weighted by molar-refractivity contribution is 0.0697. The van der Waals surface area contributed by atoms with Gasteiger partial charge in [-0.15, -0.1) is 0 Å². The topological polar surface area (TPSA) is 79.3 Å². The van der Waals surface area contributed by atoms with Gasteiger partial charge in [-0.25, -0.2) is 9.78 Å². The van der Waals surface area contributed by atoms with Crippen molar-refractivity contribution in [3.8, 4) is 0 Å². The summed E-state index contributed by atoms with van der Waals surface area (Å²) in [6.07, 6.45) is 1.56. The molecule has 0 spiro atoms. The number of anilines is 1. The molecule has 0 atom stereocenters. The fraction of sp³-hybridized carbons (Fsp3) is 0. The number of aromatic nitrogens is 1. The molecule has 0 radical (unpaired) electrons. The highest BCUT2D eigenvalue weighted by atomic mass is 79.9. The van der Waals surface area contributed by atoms with Crippen molar-refractivity contribution in [2.24, 2.45) is 0 Å². The summed E-state index contributed by atoms with van der Waals surface area (Å²) >= 11 is 3.24. The zero-order valence-corrected chi connectivity index (χ0v) is 11.2. The van der Waals surface area contributed by atoms with Gasteiger partial charge in [-0.3, -0.25) is 4.79 Å². The Morgan fingerprint density at radius 2 is 1.89 bits per heavy atom. The summed E-state index contributed by atoms with van der Waals surface area (Å²) in [5, 5.41) is 11.4. The maximum atomic E-state index is 11.9. The van der Waals surface area contributed by atoms with Gasteiger partial charge >= 0.3 is 5.97 Å². The van der Waals surface area contributed by atoms with E-state index in [1.54, 1.807) is 24.4 Å². The summed E-state index contributed by atoms with van der Waals surface area (Å²) in [5.74, 6) is -1.08. The Kier molecular flexibility index (Phi) is 3.91. The molecule has 5 nitrogen and oxygen atoms in total. The van der Waals surface area contributed by atoms with Crippen molar-refractivity contribution < 1.29 is 14.7 Å². The third kappa shape index (κ3) is 3.38. The highest BCUT2D eigenvalue weighted by molar-refractivity contribution is 9.10. The maximum Gasteiger partial charge on any atom is 0.335 e. The van der Waals surface area contributed by atoms with Gasteiger partial charge in [0.1, 0.15) is 5.82 Å². The fourth-order valence-corrected chi connectivity index (χ4v) is 1.67. The number of carboxylic acids is 1. The second-order valence-corrected chi connectivity index (χ2v) is 4.62. The summed E-state index contributed by atoms with van der Waals surface area (Å²) in [6.45, 7) is 0. The molecule has 0 aliphatic rings. The summed E-state index contributed by atoms with van der Waals surface area (Å²) in [4.78, 5) is 26.7. The molecule has 96 valence electrons. The molecular weight excluding hydrogens is 312 g/mol. The summed E-state index contributed by atoms with van der Waals surface area (Å²) in [6, 6.07) is 9.20. The van der Waals surface area contributed by atoms with Crippen molar-refractivity contribution in [3.05, 3.63) is 58.2 Å². The molecule has 1 aromatic heterocycles. The van der Waals surface area contributed by atoms with E-state index in [0.29, 0.717) is 5.82 Å². The Bertz CT molecular complexity index is 626. The van der Waals surface area contributed by atoms with Crippen molar-refractivity contribution in [3.63, 3.8) is 0 Å². The van der Waals surface area contributed by atoms with E-state index in [0.717, 1.165) is 4.47 Å². The van der Waals surface area contributed by atoms with Gasteiger partial charge in [0.25, 0.3) is 5.91 Å². The molecule has 1 aromatic carbocycles. The van der Waals surface area contributed by atoms with Crippen LogP contribution in [0.15, 0.2) is 47.1 Å². The average Bonchev–Trinajstić information content (AvgIpc) is 2.41. The van der Waals surface area contributed by atoms with Crippen LogP contribution in [-0.2, 0) is 0 Å². The molecule has 2 N–H and O–H groups in total. The molecule has 0 aliphatic heterocycles. The Morgan fingerprint density at radius 1 is 1.16 bits per heavy atom. The monoisotopic (exact) mass is 320 g/mol. The molecular formula is C13H9BrN2O3. The van der Waals surface area contributed by atoms with E-state index in [2.05, 4.69) is 26.2 Å². The van der Waals surface area contributed by atoms with E-state index >= 15 is 0 Å². The largest absolute Gasteiger partial charge is 0.478 e. The Balaban J connectivity index is 2.18. The first-order chi connectivity index (χ1) is 9.06. The number of carbonyl (C=O) groups is 2. The van der Waals surface area contributed by atoms with Crippen LogP contribution in [0.25, 0.3) is 0 Å². The molecule has 2 aromatic rings. The SMILES string of the molecule is O=C(O)c1cccc(C(=O)Nc2ccc(Br)cn2)c1. The van der Waals surface area contributed by atoms with E-state index < -0.39 is 11.9 Å². The first kappa shape index (κ1) is 13.2. The normalized spacial score (nSPS) is 9.95. The average molecular weight is 321 g/mol. The zero-order valence-electron chi connectivity index (χ0n) is 9.63. The lowest BCUT2D eigenvalue weighted by Crippen LogP contribution is -2.13. The number of nitrogens with zero attached hydrogens (tertiary/aromatic N) is 1. The zero-order chi connectivity index (χ0) is 13.8. The second-order valence-electron chi connectivity index (χ2n) is 3.70. The molecule has 6 heteroatoms. The van der Waals surface area contributed by atoms with Crippen LogP contribution >= 0.6 is 15.9 Å². The first-order valence-electron chi connectivity index (χ1n) is 5.32. The van der Waals surface area contributed by atoms with Crippen LogP contribution in [0.5, 0.6) is 0 Å². The number of hydrogen-bond acceptors (Lipinski definition) is 3. The predicted molar refractivity (Wildman–Crippen MR) is 73.3 cm³/mol. The lowest BCUT2D eigenvalue weighted by atomic mass is 10.1. The molecule has 19 heavy (non-hydrogen) atoms. The minimum Gasteiger partial charge on any atom is -0.478 e. The maximum absolute atomic E-state index is 11.9. The van der Waals surface area contributed by atoms with Crippen molar-refractivity contribution in [2.75, 3.05) is 5.32 Å². The van der Waals surface area contributed by atoms with Gasteiger partial charge in [0.15, 0.2) is 0 Å². The van der Waals surface area contributed by atoms with Gasteiger partial charge in [0.2, 0.25) is 0 Å². The molecule has 0 unspecified atom stereocenters. The van der Waals surface area contributed by atoms with Crippen LogP contribution in [0.3, 0.4) is 0 Å². The number of amides is 1. The molecule has 0 fully saturated rings. The highest BCUT2D eigenvalue weighted by Gasteiger charge is 2.10. The molecule has 0 bridgehead atoms. The standard InChI is InChI=1S/C13H9BrN2O3/c14-10-4-5-11(15-7-10)16-12(17)8-2-1-3-9(6-8)13(18)19/h1-7H,(H,18,19)(H,15,16,17). The summed E-state index contributed by atoms with van der Waals surface area (Å²) in [7, 11) is 0. The number of carboxylic acid groups (broad SMARTS) is 1. The van der Waals surface area contributed by atoms with Crippen molar-refractivity contribution in [2.45, 2.75) is 0 Å². The van der Waals surface area contributed by atoms with Crippen molar-refractivity contribution >= 4 is 33.6 Å². The number of aromatic carboxylic acids is 1. The summed E-state index contributed by atoms with van der Waals surface area (Å²) < 4.78 is 0.804. The smallest absolute Gasteiger partial charge is 0.335 e. The van der Waals surface area contributed by atoms with E-state index in [-0.39, 0.29) is 11.1 Å². The molecule has 1 amide bonds. The third-order valence-corrected chi connectivity index (χ3v) is 2.81. The van der Waals surface area contributed by atoms with Gasteiger partial charge in [0.05, 0.1) is 5.56 Å². The van der Waals surface area contributed by atoms with Gasteiger partial charge in [-0.05, 0) is 46.3 Å². The molecule has 0 saturated carbocycles. The highest BCUT2D eigenvalue weighted by Crippen LogP contribution is 2.12. The predicted octanol–water partition coefficient (Wildman–Crippen LogP) is 2.79. The van der Waals surface area contributed by atoms with Crippen LogP contribution < -0.4 is 5.32 Å². The molecule has 1 heterocycles. The van der Waals surface area contributed by atoms with E-state index in [4.69, 9.17) is 5.11 Å². The summed E-state index contributed by atoms with van der Waals surface area (Å²) in [5.41, 5.74) is 0.334. The Morgan fingerprint density at radius 3 is 2.53 bits per heavy atom. The van der Waals surface area contributed by atoms with Gasteiger partial charge in [-0.2, -0.15) is 0 Å². The van der Waals surface area contributed by atoms with Gasteiger partial charge in [-0.1, -0.05) is 6.07 Å². The molecule has 0 aliphatic carbocycles. The third-order valence-electron chi connectivity index (χ3n) is 2.34. The fourth-order valence-electron chi connectivity index (χ4n) is 1.43. The van der Waals surface area contributed by atoms with E-state index in [9.17, 15) is 9.59 Å². The number of pyridine rings is 1. The minimum atomic E-state index is -1.07. The van der Waals surface area contributed by atoms with Crippen molar-refractivity contribution in [1.82, 2.24) is 4.98 Å². The number of carbonyl (C=O) groups excluding carboxylic acids is 1. The lowest BCUT2D eigenvalue weighted by Gasteiger charge is -2.05. The van der Waals surface area contributed by atoms with E-state index in [1.165, 1.54) is 18.2 Å². The number of hydrogen-bond donors (Lipinski definition) is 2. The quantitative estimate of drug-likeness (QED) is 0.911. The van der Waals surface area contributed by atoms with Gasteiger partial charge in [0, 0.05) is 16.2 Å². The van der Waals surface area contributed by atoms with Crippen LogP contribution in [0.1, 0.15) is 20.7 Å². The minimum absolute atomic E-state index is 0.0661. The number of rotatable bonds is 3. The van der Waals surface area contributed by atoms with Crippen LogP contribution in [0.2, 0.25) is 0 Å².